The highest BCUT2D eigenvalue weighted by Crippen LogP contribution is 2.38. The van der Waals surface area contributed by atoms with E-state index in [1.807, 2.05) is 0 Å². The van der Waals surface area contributed by atoms with Crippen LogP contribution in [0.2, 0.25) is 10.0 Å². The zero-order valence-electron chi connectivity index (χ0n) is 17.2. The zero-order valence-corrected chi connectivity index (χ0v) is 18.7. The second kappa shape index (κ2) is 9.04. The van der Waals surface area contributed by atoms with Crippen LogP contribution in [-0.4, -0.2) is 5.97 Å². The molecular weight excluding hydrogens is 496 g/mol. The summed E-state index contributed by atoms with van der Waals surface area (Å²) in [6, 6.07) is 13.6. The Morgan fingerprint density at radius 1 is 0.912 bits per heavy atom. The first-order valence-corrected chi connectivity index (χ1v) is 10.4. The molecule has 10 heteroatoms. The summed E-state index contributed by atoms with van der Waals surface area (Å²) in [5.41, 5.74) is -0.546. The SMILES string of the molecule is Cc1ccc(Oc2c(C(F)(F)F)oc3cc(OC(=O)c4ccc(Cl)c(Cl)c4)ccc3c2=O)cc1. The normalized spacial score (nSPS) is 11.5. The van der Waals surface area contributed by atoms with Gasteiger partial charge in [-0.3, -0.25) is 4.79 Å². The Hall–Kier alpha value is -3.49. The first-order valence-electron chi connectivity index (χ1n) is 9.63. The number of rotatable bonds is 4. The Labute approximate surface area is 200 Å². The number of esters is 1. The van der Waals surface area contributed by atoms with Crippen molar-refractivity contribution in [2.75, 3.05) is 0 Å². The number of benzene rings is 3. The molecule has 0 aliphatic carbocycles. The fourth-order valence-corrected chi connectivity index (χ4v) is 3.31. The summed E-state index contributed by atoms with van der Waals surface area (Å²) in [4.78, 5) is 25.2. The third-order valence-electron chi connectivity index (χ3n) is 4.69. The average molecular weight is 509 g/mol. The molecular formula is C24H13Cl2F3O5. The van der Waals surface area contributed by atoms with Crippen molar-refractivity contribution < 1.29 is 31.9 Å². The molecule has 0 amide bonds. The van der Waals surface area contributed by atoms with Crippen molar-refractivity contribution in [3.63, 3.8) is 0 Å². The number of ether oxygens (including phenoxy) is 2. The number of hydrogen-bond acceptors (Lipinski definition) is 5. The fourth-order valence-electron chi connectivity index (χ4n) is 3.01. The minimum atomic E-state index is -5.03. The van der Waals surface area contributed by atoms with Crippen molar-refractivity contribution in [3.8, 4) is 17.2 Å². The lowest BCUT2D eigenvalue weighted by Crippen LogP contribution is -2.15. The van der Waals surface area contributed by atoms with E-state index >= 15 is 0 Å². The molecule has 4 rings (SSSR count). The van der Waals surface area contributed by atoms with Crippen LogP contribution in [-0.2, 0) is 6.18 Å². The third kappa shape index (κ3) is 4.88. The lowest BCUT2D eigenvalue weighted by molar-refractivity contribution is -0.154. The molecule has 0 unspecified atom stereocenters. The van der Waals surface area contributed by atoms with Crippen LogP contribution in [0, 0.1) is 6.92 Å². The molecule has 1 heterocycles. The highest BCUT2D eigenvalue weighted by Gasteiger charge is 2.40. The third-order valence-corrected chi connectivity index (χ3v) is 5.43. The van der Waals surface area contributed by atoms with E-state index in [-0.39, 0.29) is 32.5 Å². The van der Waals surface area contributed by atoms with Crippen molar-refractivity contribution in [1.82, 2.24) is 0 Å². The van der Waals surface area contributed by atoms with E-state index in [0.717, 1.165) is 11.6 Å². The van der Waals surface area contributed by atoms with Gasteiger partial charge in [-0.2, -0.15) is 13.2 Å². The first-order chi connectivity index (χ1) is 16.0. The largest absolute Gasteiger partial charge is 0.453 e. The molecule has 0 aliphatic heterocycles. The van der Waals surface area contributed by atoms with E-state index < -0.39 is 34.7 Å². The predicted octanol–water partition coefficient (Wildman–Crippen LogP) is 7.44. The lowest BCUT2D eigenvalue weighted by Gasteiger charge is -2.14. The number of fused-ring (bicyclic) bond motifs is 1. The van der Waals surface area contributed by atoms with Crippen LogP contribution in [0.3, 0.4) is 0 Å². The van der Waals surface area contributed by atoms with E-state index in [1.54, 1.807) is 19.1 Å². The molecule has 0 bridgehead atoms. The average Bonchev–Trinajstić information content (AvgIpc) is 2.78. The number of aryl methyl sites for hydroxylation is 1. The van der Waals surface area contributed by atoms with Crippen LogP contribution < -0.4 is 14.9 Å². The quantitative estimate of drug-likeness (QED) is 0.211. The fraction of sp³-hybridized carbons (Fsp3) is 0.0833. The van der Waals surface area contributed by atoms with Crippen LogP contribution in [0.15, 0.2) is 69.9 Å². The van der Waals surface area contributed by atoms with Gasteiger partial charge in [0.1, 0.15) is 17.1 Å². The van der Waals surface area contributed by atoms with Crippen molar-refractivity contribution in [3.05, 3.63) is 97.8 Å². The Morgan fingerprint density at radius 2 is 1.59 bits per heavy atom. The van der Waals surface area contributed by atoms with Crippen LogP contribution in [0.5, 0.6) is 17.2 Å². The van der Waals surface area contributed by atoms with E-state index in [1.165, 1.54) is 42.5 Å². The van der Waals surface area contributed by atoms with E-state index in [9.17, 15) is 22.8 Å². The topological polar surface area (TPSA) is 65.7 Å². The smallest absolute Gasteiger partial charge is 0.449 e. The molecule has 174 valence electrons. The maximum absolute atomic E-state index is 13.7. The van der Waals surface area contributed by atoms with Crippen LogP contribution in [0.1, 0.15) is 21.7 Å². The van der Waals surface area contributed by atoms with E-state index in [4.69, 9.17) is 37.1 Å². The van der Waals surface area contributed by atoms with Gasteiger partial charge in [0.05, 0.1) is 21.0 Å². The van der Waals surface area contributed by atoms with Gasteiger partial charge < -0.3 is 13.9 Å². The van der Waals surface area contributed by atoms with Gasteiger partial charge in [0.2, 0.25) is 11.2 Å². The summed E-state index contributed by atoms with van der Waals surface area (Å²) < 4.78 is 56.6. The molecule has 4 aromatic rings. The van der Waals surface area contributed by atoms with Gasteiger partial charge in [-0.05, 0) is 49.4 Å². The van der Waals surface area contributed by atoms with Gasteiger partial charge >= 0.3 is 12.1 Å². The van der Waals surface area contributed by atoms with Gasteiger partial charge in [-0.1, -0.05) is 40.9 Å². The number of halogens is 5. The summed E-state index contributed by atoms with van der Waals surface area (Å²) in [7, 11) is 0. The van der Waals surface area contributed by atoms with E-state index in [2.05, 4.69) is 0 Å². The summed E-state index contributed by atoms with van der Waals surface area (Å²) in [5.74, 6) is -3.56. The second-order valence-electron chi connectivity index (χ2n) is 7.18. The number of hydrogen-bond donors (Lipinski definition) is 0. The zero-order chi connectivity index (χ0) is 24.6. The van der Waals surface area contributed by atoms with Gasteiger partial charge in [-0.15, -0.1) is 0 Å². The minimum Gasteiger partial charge on any atom is -0.449 e. The molecule has 0 spiro atoms. The van der Waals surface area contributed by atoms with Crippen molar-refractivity contribution in [2.45, 2.75) is 13.1 Å². The van der Waals surface area contributed by atoms with Crippen LogP contribution in [0.4, 0.5) is 13.2 Å². The molecule has 0 N–H and O–H groups in total. The van der Waals surface area contributed by atoms with Gasteiger partial charge in [0.25, 0.3) is 5.76 Å². The molecule has 3 aromatic carbocycles. The Kier molecular flexibility index (Phi) is 6.29. The highest BCUT2D eigenvalue weighted by atomic mass is 35.5. The van der Waals surface area contributed by atoms with Gasteiger partial charge in [0, 0.05) is 6.07 Å². The predicted molar refractivity (Wildman–Crippen MR) is 120 cm³/mol. The molecule has 0 radical (unpaired) electrons. The molecule has 0 aliphatic rings. The Bertz CT molecular complexity index is 1460. The van der Waals surface area contributed by atoms with Crippen LogP contribution >= 0.6 is 23.2 Å². The maximum Gasteiger partial charge on any atom is 0.453 e. The van der Waals surface area contributed by atoms with Crippen molar-refractivity contribution >= 4 is 40.1 Å². The molecule has 0 atom stereocenters. The van der Waals surface area contributed by atoms with Crippen molar-refractivity contribution in [2.24, 2.45) is 0 Å². The number of carbonyl (C=O) groups is 1. The Morgan fingerprint density at radius 3 is 2.24 bits per heavy atom. The standard InChI is InChI=1S/C24H13Cl2F3O5/c1-12-2-5-14(6-3-12)32-21-20(30)16-8-7-15(11-19(16)34-22(21)24(27,28)29)33-23(31)13-4-9-17(25)18(26)10-13/h2-11H,1H3. The molecule has 0 fully saturated rings. The monoisotopic (exact) mass is 508 g/mol. The minimum absolute atomic E-state index is 0.0370. The highest BCUT2D eigenvalue weighted by molar-refractivity contribution is 6.42. The summed E-state index contributed by atoms with van der Waals surface area (Å²) in [6.45, 7) is 1.79. The van der Waals surface area contributed by atoms with Crippen molar-refractivity contribution in [1.29, 1.82) is 0 Å². The molecule has 5 nitrogen and oxygen atoms in total. The lowest BCUT2D eigenvalue weighted by atomic mass is 10.2. The first kappa shape index (κ1) is 23.7. The maximum atomic E-state index is 13.7. The molecule has 0 saturated carbocycles. The number of carbonyl (C=O) groups excluding carboxylic acids is 1. The summed E-state index contributed by atoms with van der Waals surface area (Å²) >= 11 is 11.7. The van der Waals surface area contributed by atoms with E-state index in [0.29, 0.717) is 0 Å². The second-order valence-corrected chi connectivity index (χ2v) is 7.99. The molecule has 0 saturated heterocycles. The van der Waals surface area contributed by atoms with Gasteiger partial charge in [-0.25, -0.2) is 4.79 Å². The van der Waals surface area contributed by atoms with Crippen LogP contribution in [0.25, 0.3) is 11.0 Å². The molecule has 1 aromatic heterocycles. The summed E-state index contributed by atoms with van der Waals surface area (Å²) in [5, 5.41) is 0.162. The number of alkyl halides is 3. The van der Waals surface area contributed by atoms with Gasteiger partial charge in [0.15, 0.2) is 0 Å². The summed E-state index contributed by atoms with van der Waals surface area (Å²) in [6.07, 6.45) is -5.03. The molecule has 34 heavy (non-hydrogen) atoms. The Balaban J connectivity index is 1.74.